The summed E-state index contributed by atoms with van der Waals surface area (Å²) in [7, 11) is 1.62. The molecule has 0 spiro atoms. The van der Waals surface area contributed by atoms with Gasteiger partial charge in [0, 0.05) is 15.5 Å². The van der Waals surface area contributed by atoms with Crippen molar-refractivity contribution in [3.05, 3.63) is 58.1 Å². The van der Waals surface area contributed by atoms with Gasteiger partial charge in [0.2, 0.25) is 0 Å². The van der Waals surface area contributed by atoms with Crippen molar-refractivity contribution in [2.24, 2.45) is 0 Å². The van der Waals surface area contributed by atoms with Crippen molar-refractivity contribution >= 4 is 40.7 Å². The summed E-state index contributed by atoms with van der Waals surface area (Å²) in [5, 5.41) is 0.644. The summed E-state index contributed by atoms with van der Waals surface area (Å²) < 4.78 is 5.18. The maximum absolute atomic E-state index is 12.5. The second kappa shape index (κ2) is 7.21. The highest BCUT2D eigenvalue weighted by atomic mass is 35.5. The summed E-state index contributed by atoms with van der Waals surface area (Å²) in [4.78, 5) is 13.4. The number of ether oxygens (including phenoxy) is 1. The molecule has 1 unspecified atom stereocenters. The third kappa shape index (κ3) is 4.16. The molecule has 0 heterocycles. The van der Waals surface area contributed by atoms with E-state index in [4.69, 9.17) is 27.9 Å². The molecule has 0 saturated heterocycles. The number of ketones is 1. The number of carbonyl (C=O) groups excluding carboxylic acids is 1. The summed E-state index contributed by atoms with van der Waals surface area (Å²) in [5.41, 5.74) is 0.490. The molecule has 0 bridgehead atoms. The van der Waals surface area contributed by atoms with Gasteiger partial charge in [-0.3, -0.25) is 4.79 Å². The Labute approximate surface area is 138 Å². The molecule has 0 fully saturated rings. The molecule has 2 nitrogen and oxygen atoms in total. The number of methoxy groups -OCH3 is 1. The monoisotopic (exact) mass is 340 g/mol. The average Bonchev–Trinajstić information content (AvgIpc) is 2.46. The number of carbonyl (C=O) groups is 1. The van der Waals surface area contributed by atoms with Crippen LogP contribution in [0.15, 0.2) is 47.4 Å². The molecule has 0 aliphatic heterocycles. The smallest absolute Gasteiger partial charge is 0.177 e. The highest BCUT2D eigenvalue weighted by molar-refractivity contribution is 8.00. The summed E-state index contributed by atoms with van der Waals surface area (Å²) >= 11 is 13.4. The van der Waals surface area contributed by atoms with Crippen LogP contribution in [0.4, 0.5) is 0 Å². The zero-order valence-electron chi connectivity index (χ0n) is 11.6. The fourth-order valence-corrected chi connectivity index (χ4v) is 3.33. The topological polar surface area (TPSA) is 26.3 Å². The van der Waals surface area contributed by atoms with Crippen molar-refractivity contribution in [3.63, 3.8) is 0 Å². The SMILES string of the molecule is COc1cccc(SC(C)C(=O)c2ccc(Cl)cc2Cl)c1. The first-order valence-electron chi connectivity index (χ1n) is 6.31. The molecule has 0 aliphatic carbocycles. The maximum atomic E-state index is 12.5. The number of rotatable bonds is 5. The molecule has 2 rings (SSSR count). The largest absolute Gasteiger partial charge is 0.497 e. The molecule has 0 amide bonds. The van der Waals surface area contributed by atoms with E-state index in [-0.39, 0.29) is 11.0 Å². The van der Waals surface area contributed by atoms with Crippen molar-refractivity contribution in [1.82, 2.24) is 0 Å². The molecule has 1 atom stereocenters. The van der Waals surface area contributed by atoms with Gasteiger partial charge in [-0.05, 0) is 43.3 Å². The molecule has 0 aromatic heterocycles. The van der Waals surface area contributed by atoms with Crippen LogP contribution in [0.3, 0.4) is 0 Å². The van der Waals surface area contributed by atoms with Gasteiger partial charge < -0.3 is 4.74 Å². The van der Waals surface area contributed by atoms with Gasteiger partial charge in [-0.2, -0.15) is 0 Å². The van der Waals surface area contributed by atoms with E-state index in [1.807, 2.05) is 31.2 Å². The van der Waals surface area contributed by atoms with Gasteiger partial charge in [0.05, 0.1) is 17.4 Å². The van der Waals surface area contributed by atoms with Crippen LogP contribution >= 0.6 is 35.0 Å². The first kappa shape index (κ1) is 16.2. The van der Waals surface area contributed by atoms with E-state index >= 15 is 0 Å². The Kier molecular flexibility index (Phi) is 5.57. The van der Waals surface area contributed by atoms with Gasteiger partial charge in [-0.25, -0.2) is 0 Å². The third-order valence-corrected chi connectivity index (χ3v) is 4.56. The number of halogens is 2. The predicted molar refractivity (Wildman–Crippen MR) is 89.1 cm³/mol. The zero-order valence-corrected chi connectivity index (χ0v) is 13.9. The van der Waals surface area contributed by atoms with E-state index in [0.717, 1.165) is 10.6 Å². The summed E-state index contributed by atoms with van der Waals surface area (Å²) in [6.07, 6.45) is 0. The first-order valence-corrected chi connectivity index (χ1v) is 7.95. The third-order valence-electron chi connectivity index (χ3n) is 2.92. The second-order valence-electron chi connectivity index (χ2n) is 4.43. The lowest BCUT2D eigenvalue weighted by Crippen LogP contribution is -2.13. The highest BCUT2D eigenvalue weighted by Gasteiger charge is 2.19. The zero-order chi connectivity index (χ0) is 15.4. The molecule has 21 heavy (non-hydrogen) atoms. The molecular weight excluding hydrogens is 327 g/mol. The van der Waals surface area contributed by atoms with E-state index in [9.17, 15) is 4.79 Å². The minimum atomic E-state index is -0.254. The van der Waals surface area contributed by atoms with Crippen LogP contribution in [-0.4, -0.2) is 18.1 Å². The number of hydrogen-bond acceptors (Lipinski definition) is 3. The van der Waals surface area contributed by atoms with E-state index in [2.05, 4.69) is 0 Å². The lowest BCUT2D eigenvalue weighted by atomic mass is 10.1. The lowest BCUT2D eigenvalue weighted by Gasteiger charge is -2.12. The molecule has 2 aromatic rings. The standard InChI is InChI=1S/C16H14Cl2O2S/c1-10(21-13-5-3-4-12(9-13)20-2)16(19)14-7-6-11(17)8-15(14)18/h3-10H,1-2H3. The van der Waals surface area contributed by atoms with E-state index < -0.39 is 0 Å². The van der Waals surface area contributed by atoms with E-state index in [0.29, 0.717) is 15.6 Å². The van der Waals surface area contributed by atoms with Crippen LogP contribution in [0.25, 0.3) is 0 Å². The van der Waals surface area contributed by atoms with Gasteiger partial charge >= 0.3 is 0 Å². The van der Waals surface area contributed by atoms with E-state index in [1.54, 1.807) is 25.3 Å². The first-order chi connectivity index (χ1) is 10.0. The van der Waals surface area contributed by atoms with Crippen LogP contribution in [0.5, 0.6) is 5.75 Å². The molecule has 2 aromatic carbocycles. The Morgan fingerprint density at radius 3 is 2.62 bits per heavy atom. The molecule has 0 radical (unpaired) electrons. The van der Waals surface area contributed by atoms with Gasteiger partial charge in [0.1, 0.15) is 5.75 Å². The minimum Gasteiger partial charge on any atom is -0.497 e. The van der Waals surface area contributed by atoms with Gasteiger partial charge in [-0.15, -0.1) is 11.8 Å². The number of Topliss-reactive ketones (excluding diaryl/α,β-unsaturated/α-hetero) is 1. The molecule has 0 aliphatic rings. The quantitative estimate of drug-likeness (QED) is 0.540. The highest BCUT2D eigenvalue weighted by Crippen LogP contribution is 2.30. The Morgan fingerprint density at radius 1 is 1.19 bits per heavy atom. The van der Waals surface area contributed by atoms with Crippen LogP contribution in [0.2, 0.25) is 10.0 Å². The maximum Gasteiger partial charge on any atom is 0.177 e. The predicted octanol–water partition coefficient (Wildman–Crippen LogP) is 5.37. The molecule has 0 N–H and O–H groups in total. The van der Waals surface area contributed by atoms with Crippen LogP contribution in [0, 0.1) is 0 Å². The lowest BCUT2D eigenvalue weighted by molar-refractivity contribution is 0.0994. The van der Waals surface area contributed by atoms with Crippen molar-refractivity contribution in [2.45, 2.75) is 17.1 Å². The molecule has 0 saturated carbocycles. The van der Waals surface area contributed by atoms with Crippen molar-refractivity contribution in [3.8, 4) is 5.75 Å². The number of hydrogen-bond donors (Lipinski definition) is 0. The van der Waals surface area contributed by atoms with Crippen LogP contribution < -0.4 is 4.74 Å². The van der Waals surface area contributed by atoms with Crippen LogP contribution in [-0.2, 0) is 0 Å². The van der Waals surface area contributed by atoms with Crippen molar-refractivity contribution < 1.29 is 9.53 Å². The van der Waals surface area contributed by atoms with Gasteiger partial charge in [0.25, 0.3) is 0 Å². The Balaban J connectivity index is 2.15. The normalized spacial score (nSPS) is 12.0. The fraction of sp³-hybridized carbons (Fsp3) is 0.188. The Morgan fingerprint density at radius 2 is 1.95 bits per heavy atom. The fourth-order valence-electron chi connectivity index (χ4n) is 1.84. The van der Waals surface area contributed by atoms with Gasteiger partial charge in [-0.1, -0.05) is 29.3 Å². The summed E-state index contributed by atoms with van der Waals surface area (Å²) in [6, 6.07) is 12.5. The molecule has 5 heteroatoms. The van der Waals surface area contributed by atoms with Crippen molar-refractivity contribution in [2.75, 3.05) is 7.11 Å². The van der Waals surface area contributed by atoms with E-state index in [1.165, 1.54) is 11.8 Å². The van der Waals surface area contributed by atoms with Gasteiger partial charge in [0.15, 0.2) is 5.78 Å². The Hall–Kier alpha value is -1.16. The molecular formula is C16H14Cl2O2S. The van der Waals surface area contributed by atoms with Crippen LogP contribution in [0.1, 0.15) is 17.3 Å². The summed E-state index contributed by atoms with van der Waals surface area (Å²) in [6.45, 7) is 1.86. The second-order valence-corrected chi connectivity index (χ2v) is 6.69. The molecule has 110 valence electrons. The number of benzene rings is 2. The average molecular weight is 341 g/mol. The minimum absolute atomic E-state index is 0.0236. The number of thioether (sulfide) groups is 1. The summed E-state index contributed by atoms with van der Waals surface area (Å²) in [5.74, 6) is 0.744. The Bertz CT molecular complexity index is 658. The van der Waals surface area contributed by atoms with Crippen molar-refractivity contribution in [1.29, 1.82) is 0 Å².